The van der Waals surface area contributed by atoms with Gasteiger partial charge in [0.15, 0.2) is 0 Å². The van der Waals surface area contributed by atoms with Crippen molar-refractivity contribution < 1.29 is 19.4 Å². The average molecular weight is 289 g/mol. The summed E-state index contributed by atoms with van der Waals surface area (Å²) < 4.78 is 5.21. The van der Waals surface area contributed by atoms with Crippen LogP contribution in [0.5, 0.6) is 5.75 Å². The smallest absolute Gasteiger partial charge is 0.326 e. The Balaban J connectivity index is 2.12. The topological polar surface area (TPSA) is 66.8 Å². The molecule has 1 aliphatic rings. The number of amides is 1. The number of para-hydroxylation sites is 1. The van der Waals surface area contributed by atoms with E-state index in [1.807, 2.05) is 24.3 Å². The van der Waals surface area contributed by atoms with Crippen LogP contribution in [0, 0.1) is 0 Å². The fourth-order valence-corrected chi connectivity index (χ4v) is 2.51. The van der Waals surface area contributed by atoms with Gasteiger partial charge in [0.25, 0.3) is 0 Å². The van der Waals surface area contributed by atoms with Crippen LogP contribution in [0.25, 0.3) is 6.08 Å². The molecule has 0 aliphatic carbocycles. The number of ether oxygens (including phenoxy) is 1. The van der Waals surface area contributed by atoms with E-state index >= 15 is 0 Å². The molecule has 1 heterocycles. The third kappa shape index (κ3) is 3.62. The maximum atomic E-state index is 12.2. The number of hydrogen-bond donors (Lipinski definition) is 1. The van der Waals surface area contributed by atoms with Gasteiger partial charge in [0.05, 0.1) is 7.11 Å². The fourth-order valence-electron chi connectivity index (χ4n) is 2.51. The third-order valence-corrected chi connectivity index (χ3v) is 3.62. The Labute approximate surface area is 123 Å². The Morgan fingerprint density at radius 2 is 2.10 bits per heavy atom. The molecule has 21 heavy (non-hydrogen) atoms. The van der Waals surface area contributed by atoms with Crippen molar-refractivity contribution in [2.24, 2.45) is 0 Å². The standard InChI is InChI=1S/C16H19NO4/c1-21-14-8-3-2-6-12(14)9-10-15(18)17-11-5-4-7-13(17)16(19)20/h2-3,6,8-10,13H,4-5,7,11H2,1H3,(H,19,20)/b10-9-/t13-/m0/s1. The molecular formula is C16H19NO4. The number of benzene rings is 1. The van der Waals surface area contributed by atoms with E-state index in [0.29, 0.717) is 18.7 Å². The Hall–Kier alpha value is -2.30. The highest BCUT2D eigenvalue weighted by molar-refractivity contribution is 5.94. The van der Waals surface area contributed by atoms with Gasteiger partial charge in [0, 0.05) is 18.2 Å². The summed E-state index contributed by atoms with van der Waals surface area (Å²) >= 11 is 0. The van der Waals surface area contributed by atoms with Crippen LogP contribution in [0.1, 0.15) is 24.8 Å². The Morgan fingerprint density at radius 1 is 1.33 bits per heavy atom. The largest absolute Gasteiger partial charge is 0.496 e. The number of likely N-dealkylation sites (tertiary alicyclic amines) is 1. The van der Waals surface area contributed by atoms with Gasteiger partial charge in [-0.1, -0.05) is 18.2 Å². The number of piperidine rings is 1. The monoisotopic (exact) mass is 289 g/mol. The number of aliphatic carboxylic acids is 1. The van der Waals surface area contributed by atoms with Crippen LogP contribution in [-0.4, -0.2) is 41.6 Å². The minimum atomic E-state index is -0.936. The molecule has 1 N–H and O–H groups in total. The van der Waals surface area contributed by atoms with Gasteiger partial charge in [-0.25, -0.2) is 4.79 Å². The molecule has 1 aromatic carbocycles. The van der Waals surface area contributed by atoms with E-state index in [1.54, 1.807) is 13.2 Å². The predicted octanol–water partition coefficient (Wildman–Crippen LogP) is 2.17. The zero-order valence-electron chi connectivity index (χ0n) is 12.0. The van der Waals surface area contributed by atoms with E-state index in [1.165, 1.54) is 11.0 Å². The molecule has 112 valence electrons. The van der Waals surface area contributed by atoms with Gasteiger partial charge in [-0.3, -0.25) is 4.79 Å². The second-order valence-electron chi connectivity index (χ2n) is 4.96. The zero-order valence-corrected chi connectivity index (χ0v) is 12.0. The molecule has 0 spiro atoms. The van der Waals surface area contributed by atoms with E-state index in [9.17, 15) is 14.7 Å². The number of nitrogens with zero attached hydrogens (tertiary/aromatic N) is 1. The lowest BCUT2D eigenvalue weighted by Gasteiger charge is -2.32. The first-order valence-electron chi connectivity index (χ1n) is 6.98. The van der Waals surface area contributed by atoms with Crippen molar-refractivity contribution in [3.63, 3.8) is 0 Å². The molecule has 5 nitrogen and oxygen atoms in total. The van der Waals surface area contributed by atoms with Crippen LogP contribution >= 0.6 is 0 Å². The quantitative estimate of drug-likeness (QED) is 0.863. The van der Waals surface area contributed by atoms with E-state index < -0.39 is 12.0 Å². The van der Waals surface area contributed by atoms with Crippen molar-refractivity contribution in [3.05, 3.63) is 35.9 Å². The molecule has 2 rings (SSSR count). The fraction of sp³-hybridized carbons (Fsp3) is 0.375. The van der Waals surface area contributed by atoms with Gasteiger partial charge in [-0.15, -0.1) is 0 Å². The number of hydrogen-bond acceptors (Lipinski definition) is 3. The highest BCUT2D eigenvalue weighted by atomic mass is 16.5. The highest BCUT2D eigenvalue weighted by Crippen LogP contribution is 2.20. The lowest BCUT2D eigenvalue weighted by molar-refractivity contribution is -0.150. The van der Waals surface area contributed by atoms with Crippen molar-refractivity contribution in [2.45, 2.75) is 25.3 Å². The van der Waals surface area contributed by atoms with Gasteiger partial charge in [0.2, 0.25) is 5.91 Å². The van der Waals surface area contributed by atoms with Crippen LogP contribution in [-0.2, 0) is 9.59 Å². The summed E-state index contributed by atoms with van der Waals surface area (Å²) in [4.78, 5) is 24.9. The highest BCUT2D eigenvalue weighted by Gasteiger charge is 2.30. The molecule has 1 amide bonds. The van der Waals surface area contributed by atoms with Crippen molar-refractivity contribution in [1.82, 2.24) is 4.90 Å². The molecular weight excluding hydrogens is 270 g/mol. The van der Waals surface area contributed by atoms with Crippen molar-refractivity contribution >= 4 is 18.0 Å². The first-order valence-corrected chi connectivity index (χ1v) is 6.98. The van der Waals surface area contributed by atoms with Crippen LogP contribution < -0.4 is 4.74 Å². The SMILES string of the molecule is COc1ccccc1/C=C\C(=O)N1CCCC[C@H]1C(=O)O. The third-order valence-electron chi connectivity index (χ3n) is 3.62. The number of carbonyl (C=O) groups excluding carboxylic acids is 1. The lowest BCUT2D eigenvalue weighted by atomic mass is 10.0. The van der Waals surface area contributed by atoms with Crippen molar-refractivity contribution in [3.8, 4) is 5.75 Å². The molecule has 1 aliphatic heterocycles. The Bertz CT molecular complexity index is 553. The van der Waals surface area contributed by atoms with Crippen LogP contribution in [0.2, 0.25) is 0 Å². The number of carboxylic acids is 1. The molecule has 0 radical (unpaired) electrons. The zero-order chi connectivity index (χ0) is 15.2. The summed E-state index contributed by atoms with van der Waals surface area (Å²) in [5.41, 5.74) is 0.789. The number of methoxy groups -OCH3 is 1. The molecule has 1 saturated heterocycles. The summed E-state index contributed by atoms with van der Waals surface area (Å²) in [6.07, 6.45) is 5.28. The summed E-state index contributed by atoms with van der Waals surface area (Å²) in [5, 5.41) is 9.19. The summed E-state index contributed by atoms with van der Waals surface area (Å²) in [6.45, 7) is 0.492. The predicted molar refractivity (Wildman–Crippen MR) is 79.0 cm³/mol. The Morgan fingerprint density at radius 3 is 2.81 bits per heavy atom. The van der Waals surface area contributed by atoms with Crippen molar-refractivity contribution in [2.75, 3.05) is 13.7 Å². The maximum Gasteiger partial charge on any atom is 0.326 e. The Kier molecular flexibility index (Phi) is 4.98. The van der Waals surface area contributed by atoms with Crippen molar-refractivity contribution in [1.29, 1.82) is 0 Å². The second kappa shape index (κ2) is 6.92. The summed E-state index contributed by atoms with van der Waals surface area (Å²) in [5.74, 6) is -0.531. The van der Waals surface area contributed by atoms with Gasteiger partial charge in [0.1, 0.15) is 11.8 Å². The summed E-state index contributed by atoms with van der Waals surface area (Å²) in [6, 6.07) is 6.64. The first kappa shape index (κ1) is 15.1. The van der Waals surface area contributed by atoms with Gasteiger partial charge >= 0.3 is 5.97 Å². The molecule has 1 aromatic rings. The minimum Gasteiger partial charge on any atom is -0.496 e. The van der Waals surface area contributed by atoms with Gasteiger partial charge in [-0.2, -0.15) is 0 Å². The van der Waals surface area contributed by atoms with E-state index in [4.69, 9.17) is 4.74 Å². The first-order chi connectivity index (χ1) is 10.1. The molecule has 5 heteroatoms. The number of carboxylic acid groups (broad SMARTS) is 1. The molecule has 1 fully saturated rings. The normalized spacial score (nSPS) is 18.7. The van der Waals surface area contributed by atoms with E-state index in [0.717, 1.165) is 18.4 Å². The maximum absolute atomic E-state index is 12.2. The molecule has 1 atom stereocenters. The van der Waals surface area contributed by atoms with E-state index in [2.05, 4.69) is 0 Å². The molecule has 0 saturated carbocycles. The number of carbonyl (C=O) groups is 2. The van der Waals surface area contributed by atoms with Gasteiger partial charge in [-0.05, 0) is 31.4 Å². The minimum absolute atomic E-state index is 0.270. The van der Waals surface area contributed by atoms with Crippen LogP contribution in [0.3, 0.4) is 0 Å². The molecule has 0 aromatic heterocycles. The average Bonchev–Trinajstić information content (AvgIpc) is 2.52. The van der Waals surface area contributed by atoms with Crippen LogP contribution in [0.4, 0.5) is 0 Å². The molecule has 0 bridgehead atoms. The molecule has 0 unspecified atom stereocenters. The van der Waals surface area contributed by atoms with E-state index in [-0.39, 0.29) is 5.91 Å². The van der Waals surface area contributed by atoms with Gasteiger partial charge < -0.3 is 14.7 Å². The summed E-state index contributed by atoms with van der Waals surface area (Å²) in [7, 11) is 1.57. The second-order valence-corrected chi connectivity index (χ2v) is 4.96. The lowest BCUT2D eigenvalue weighted by Crippen LogP contribution is -2.47. The number of rotatable bonds is 4. The van der Waals surface area contributed by atoms with Crippen LogP contribution in [0.15, 0.2) is 30.3 Å².